The van der Waals surface area contributed by atoms with Crippen LogP contribution in [0.1, 0.15) is 40.1 Å². The van der Waals surface area contributed by atoms with E-state index in [4.69, 9.17) is 0 Å². The number of hydrogen-bond acceptors (Lipinski definition) is 4. The van der Waals surface area contributed by atoms with Gasteiger partial charge in [-0.05, 0) is 60.0 Å². The molecule has 0 aliphatic carbocycles. The summed E-state index contributed by atoms with van der Waals surface area (Å²) in [6.07, 6.45) is -4.71. The second-order valence-corrected chi connectivity index (χ2v) is 9.22. The molecule has 172 valence electrons. The van der Waals surface area contributed by atoms with Crippen molar-refractivity contribution in [1.82, 2.24) is 4.72 Å². The number of carbonyl (C=O) groups excluding carboxylic acids is 1. The Morgan fingerprint density at radius 1 is 1.00 bits per heavy atom. The van der Waals surface area contributed by atoms with Crippen LogP contribution in [0.4, 0.5) is 24.5 Å². The van der Waals surface area contributed by atoms with Gasteiger partial charge in [0.2, 0.25) is 10.0 Å². The third-order valence-corrected chi connectivity index (χ3v) is 6.78. The number of hydrogen-bond donors (Lipinski definition) is 3. The van der Waals surface area contributed by atoms with Gasteiger partial charge in [0.15, 0.2) is 0 Å². The van der Waals surface area contributed by atoms with E-state index in [1.165, 1.54) is 24.3 Å². The zero-order valence-corrected chi connectivity index (χ0v) is 18.2. The van der Waals surface area contributed by atoms with E-state index in [2.05, 4.69) is 15.4 Å². The van der Waals surface area contributed by atoms with Gasteiger partial charge in [-0.15, -0.1) is 0 Å². The number of anilines is 2. The van der Waals surface area contributed by atoms with Crippen LogP contribution in [-0.4, -0.2) is 14.3 Å². The van der Waals surface area contributed by atoms with Crippen LogP contribution in [0.3, 0.4) is 0 Å². The largest absolute Gasteiger partial charge is 0.416 e. The van der Waals surface area contributed by atoms with Crippen molar-refractivity contribution < 1.29 is 26.4 Å². The van der Waals surface area contributed by atoms with Gasteiger partial charge < -0.3 is 10.6 Å². The number of nitrogens with one attached hydrogen (secondary N) is 3. The average molecular weight is 475 g/mol. The second-order valence-electron chi connectivity index (χ2n) is 7.53. The molecule has 1 aliphatic rings. The summed E-state index contributed by atoms with van der Waals surface area (Å²) in [4.78, 5) is 12.2. The third-order valence-electron chi connectivity index (χ3n) is 5.30. The Morgan fingerprint density at radius 2 is 1.67 bits per heavy atom. The van der Waals surface area contributed by atoms with E-state index in [9.17, 15) is 26.4 Å². The van der Waals surface area contributed by atoms with Crippen molar-refractivity contribution in [3.05, 3.63) is 89.0 Å². The molecule has 6 nitrogen and oxygen atoms in total. The van der Waals surface area contributed by atoms with E-state index in [-0.39, 0.29) is 16.5 Å². The minimum atomic E-state index is -4.60. The Bertz CT molecular complexity index is 1290. The van der Waals surface area contributed by atoms with E-state index < -0.39 is 27.9 Å². The van der Waals surface area contributed by atoms with E-state index >= 15 is 0 Å². The molecule has 0 radical (unpaired) electrons. The summed E-state index contributed by atoms with van der Waals surface area (Å²) in [6.45, 7) is 2.03. The van der Waals surface area contributed by atoms with Gasteiger partial charge in [0.05, 0.1) is 11.3 Å². The summed E-state index contributed by atoms with van der Waals surface area (Å²) < 4.78 is 66.7. The maximum absolute atomic E-state index is 13.1. The number of carbonyl (C=O) groups is 1. The second kappa shape index (κ2) is 8.53. The summed E-state index contributed by atoms with van der Waals surface area (Å²) in [5.41, 5.74) is 1.46. The molecule has 10 heteroatoms. The lowest BCUT2D eigenvalue weighted by Gasteiger charge is -2.29. The highest BCUT2D eigenvalue weighted by Crippen LogP contribution is 2.37. The molecule has 3 N–H and O–H groups in total. The summed E-state index contributed by atoms with van der Waals surface area (Å²) >= 11 is 0. The SMILES string of the molecule is CCc1ccc(NC(=O)c2ccc([C@@H]3Nc4cc(C(F)(F)F)ccc4S(=O)(=O)N3)cc2)cc1. The molecular formula is C23H20F3N3O3S. The average Bonchev–Trinajstić information content (AvgIpc) is 2.78. The molecule has 1 atom stereocenters. The summed E-state index contributed by atoms with van der Waals surface area (Å²) in [5.74, 6) is -0.344. The standard InChI is InChI=1S/C23H20F3N3O3S/c1-2-14-3-10-18(11-4-14)27-22(30)16-7-5-15(6-8-16)21-28-19-13-17(23(24,25)26)9-12-20(19)33(31,32)29-21/h3-13,21,28-29H,2H2,1H3,(H,27,30)/t21-/m1/s1. The predicted molar refractivity (Wildman–Crippen MR) is 118 cm³/mol. The number of sulfonamides is 1. The van der Waals surface area contributed by atoms with Crippen molar-refractivity contribution in [2.24, 2.45) is 0 Å². The highest BCUT2D eigenvalue weighted by molar-refractivity contribution is 7.89. The van der Waals surface area contributed by atoms with Gasteiger partial charge in [0.1, 0.15) is 11.1 Å². The lowest BCUT2D eigenvalue weighted by atomic mass is 10.1. The first kappa shape index (κ1) is 22.8. The molecule has 0 saturated heterocycles. The number of benzene rings is 3. The van der Waals surface area contributed by atoms with Gasteiger partial charge in [-0.1, -0.05) is 31.2 Å². The maximum atomic E-state index is 13.1. The first-order valence-electron chi connectivity index (χ1n) is 10.1. The van der Waals surface area contributed by atoms with Gasteiger partial charge in [-0.2, -0.15) is 17.9 Å². The van der Waals surface area contributed by atoms with Crippen molar-refractivity contribution in [2.75, 3.05) is 10.6 Å². The molecule has 0 spiro atoms. The lowest BCUT2D eigenvalue weighted by molar-refractivity contribution is -0.137. The zero-order valence-electron chi connectivity index (χ0n) is 17.4. The molecule has 0 fully saturated rings. The first-order valence-corrected chi connectivity index (χ1v) is 11.6. The maximum Gasteiger partial charge on any atom is 0.416 e. The molecule has 0 bridgehead atoms. The molecule has 33 heavy (non-hydrogen) atoms. The minimum Gasteiger partial charge on any atom is -0.364 e. The van der Waals surface area contributed by atoms with E-state index in [0.717, 1.165) is 30.2 Å². The fourth-order valence-corrected chi connectivity index (χ4v) is 4.75. The van der Waals surface area contributed by atoms with Gasteiger partial charge in [-0.25, -0.2) is 8.42 Å². The number of aryl methyl sites for hydroxylation is 1. The van der Waals surface area contributed by atoms with Crippen molar-refractivity contribution >= 4 is 27.3 Å². The van der Waals surface area contributed by atoms with E-state index in [1.807, 2.05) is 19.1 Å². The van der Waals surface area contributed by atoms with Gasteiger partial charge in [-0.3, -0.25) is 4.79 Å². The number of rotatable bonds is 4. The van der Waals surface area contributed by atoms with Crippen molar-refractivity contribution in [3.63, 3.8) is 0 Å². The van der Waals surface area contributed by atoms with Gasteiger partial charge in [0.25, 0.3) is 5.91 Å². The van der Waals surface area contributed by atoms with Crippen LogP contribution in [0.2, 0.25) is 0 Å². The molecule has 1 aliphatic heterocycles. The summed E-state index contributed by atoms with van der Waals surface area (Å²) in [5, 5.41) is 5.57. The Labute approximate surface area is 188 Å². The van der Waals surface area contributed by atoms with Crippen LogP contribution >= 0.6 is 0 Å². The minimum absolute atomic E-state index is 0.147. The summed E-state index contributed by atoms with van der Waals surface area (Å²) in [7, 11) is -4.03. The van der Waals surface area contributed by atoms with Gasteiger partial charge in [0, 0.05) is 11.3 Å². The van der Waals surface area contributed by atoms with Crippen LogP contribution in [0.5, 0.6) is 0 Å². The molecular weight excluding hydrogens is 455 g/mol. The van der Waals surface area contributed by atoms with E-state index in [0.29, 0.717) is 16.8 Å². The monoisotopic (exact) mass is 475 g/mol. The van der Waals surface area contributed by atoms with Gasteiger partial charge >= 0.3 is 6.18 Å². The first-order chi connectivity index (χ1) is 15.6. The Morgan fingerprint density at radius 3 is 2.27 bits per heavy atom. The van der Waals surface area contributed by atoms with Crippen LogP contribution in [0.25, 0.3) is 0 Å². The van der Waals surface area contributed by atoms with Crippen molar-refractivity contribution in [2.45, 2.75) is 30.6 Å². The number of halogens is 3. The summed E-state index contributed by atoms with van der Waals surface area (Å²) in [6, 6.07) is 16.0. The number of fused-ring (bicyclic) bond motifs is 1. The fourth-order valence-electron chi connectivity index (χ4n) is 3.46. The van der Waals surface area contributed by atoms with E-state index in [1.54, 1.807) is 12.1 Å². The van der Waals surface area contributed by atoms with Crippen LogP contribution < -0.4 is 15.4 Å². The Balaban J connectivity index is 1.53. The quantitative estimate of drug-likeness (QED) is 0.500. The molecule has 0 aromatic heterocycles. The van der Waals surface area contributed by atoms with Crippen LogP contribution in [0.15, 0.2) is 71.6 Å². The van der Waals surface area contributed by atoms with Crippen LogP contribution in [0, 0.1) is 0 Å². The third kappa shape index (κ3) is 4.86. The lowest BCUT2D eigenvalue weighted by Crippen LogP contribution is -2.38. The van der Waals surface area contributed by atoms with Crippen molar-refractivity contribution in [3.8, 4) is 0 Å². The molecule has 4 rings (SSSR count). The molecule has 0 unspecified atom stereocenters. The molecule has 3 aromatic rings. The Kier molecular flexibility index (Phi) is 5.89. The molecule has 0 saturated carbocycles. The highest BCUT2D eigenvalue weighted by atomic mass is 32.2. The molecule has 1 amide bonds. The normalized spacial score (nSPS) is 17.0. The smallest absolute Gasteiger partial charge is 0.364 e. The number of alkyl halides is 3. The molecule has 3 aromatic carbocycles. The predicted octanol–water partition coefficient (Wildman–Crippen LogP) is 4.92. The zero-order chi connectivity index (χ0) is 23.8. The fraction of sp³-hybridized carbons (Fsp3) is 0.174. The van der Waals surface area contributed by atoms with Crippen LogP contribution in [-0.2, 0) is 22.6 Å². The topological polar surface area (TPSA) is 87.3 Å². The Hall–Kier alpha value is -3.37. The number of amides is 1. The highest BCUT2D eigenvalue weighted by Gasteiger charge is 2.35. The molecule has 1 heterocycles. The van der Waals surface area contributed by atoms with Crippen molar-refractivity contribution in [1.29, 1.82) is 0 Å².